The molecule has 0 bridgehead atoms. The second-order valence-corrected chi connectivity index (χ2v) is 3.21. The van der Waals surface area contributed by atoms with E-state index in [1.165, 1.54) is 36.1 Å². The molecule has 2 rings (SSSR count). The van der Waals surface area contributed by atoms with Crippen LogP contribution in [0.1, 0.15) is 26.2 Å². The zero-order valence-electron chi connectivity index (χ0n) is 7.85. The molecular weight excluding hydrogens is 269 g/mol. The van der Waals surface area contributed by atoms with Crippen molar-refractivity contribution in [2.75, 3.05) is 6.54 Å². The first-order chi connectivity index (χ1) is 5.38. The van der Waals surface area contributed by atoms with Gasteiger partial charge in [-0.05, 0) is 30.9 Å². The Hall–Kier alpha value is 1.13. The molecule has 2 nitrogen and oxygen atoms in total. The summed E-state index contributed by atoms with van der Waals surface area (Å²) in [6.07, 6.45) is 5.59. The van der Waals surface area contributed by atoms with Gasteiger partial charge in [-0.15, -0.1) is 0 Å². The van der Waals surface area contributed by atoms with Crippen LogP contribution in [0.5, 0.6) is 0 Å². The average molecular weight is 282 g/mol. The van der Waals surface area contributed by atoms with Crippen LogP contribution < -0.4 is 73.9 Å². The Labute approximate surface area is 132 Å². The fraction of sp³-hybridized carbons (Fsp3) is 0.556. The second-order valence-electron chi connectivity index (χ2n) is 3.21. The summed E-state index contributed by atoms with van der Waals surface area (Å²) in [6, 6.07) is 0. The molecule has 0 saturated heterocycles. The van der Waals surface area contributed by atoms with Gasteiger partial charge in [-0.1, -0.05) is 4.99 Å². The van der Waals surface area contributed by atoms with Gasteiger partial charge in [0, 0.05) is 6.42 Å². The van der Waals surface area contributed by atoms with Gasteiger partial charge in [0.15, 0.2) is 6.54 Å². The van der Waals surface area contributed by atoms with Crippen molar-refractivity contribution in [3.63, 3.8) is 0 Å². The number of rotatable bonds is 0. The summed E-state index contributed by atoms with van der Waals surface area (Å²) in [7, 11) is 0. The SMILES string of the molecule is CC1=C2CCCC2=[NH+]C=NC1.[Cs+]. The zero-order valence-corrected chi connectivity index (χ0v) is 14.1. The van der Waals surface area contributed by atoms with Crippen LogP contribution in [0, 0.1) is 0 Å². The van der Waals surface area contributed by atoms with Gasteiger partial charge in [-0.3, -0.25) is 0 Å². The fourth-order valence-corrected chi connectivity index (χ4v) is 1.78. The summed E-state index contributed by atoms with van der Waals surface area (Å²) in [5.74, 6) is 0. The van der Waals surface area contributed by atoms with Crippen LogP contribution in [0.15, 0.2) is 16.1 Å². The van der Waals surface area contributed by atoms with Crippen LogP contribution in [0.25, 0.3) is 0 Å². The molecule has 0 atom stereocenters. The van der Waals surface area contributed by atoms with Gasteiger partial charge in [0.1, 0.15) is 5.71 Å². The predicted octanol–water partition coefficient (Wildman–Crippen LogP) is -2.95. The molecule has 1 N–H and O–H groups in total. The summed E-state index contributed by atoms with van der Waals surface area (Å²) in [4.78, 5) is 7.46. The zero-order chi connectivity index (χ0) is 7.68. The summed E-state index contributed by atoms with van der Waals surface area (Å²) in [5, 5.41) is 0. The molecule has 3 heteroatoms. The maximum atomic E-state index is 4.22. The molecule has 1 aliphatic heterocycles. The number of fused-ring (bicyclic) bond motifs is 1. The van der Waals surface area contributed by atoms with Gasteiger partial charge in [-0.2, -0.15) is 0 Å². The van der Waals surface area contributed by atoms with Crippen molar-refractivity contribution in [3.8, 4) is 0 Å². The molecular formula is C9H13CsN2+2. The van der Waals surface area contributed by atoms with Crippen molar-refractivity contribution in [3.05, 3.63) is 11.1 Å². The van der Waals surface area contributed by atoms with Gasteiger partial charge in [0.05, 0.1) is 0 Å². The summed E-state index contributed by atoms with van der Waals surface area (Å²) < 4.78 is 0. The Morgan fingerprint density at radius 2 is 2.25 bits per heavy atom. The van der Waals surface area contributed by atoms with Gasteiger partial charge >= 0.3 is 68.9 Å². The van der Waals surface area contributed by atoms with E-state index >= 15 is 0 Å². The van der Waals surface area contributed by atoms with E-state index in [0.717, 1.165) is 6.54 Å². The van der Waals surface area contributed by atoms with Crippen molar-refractivity contribution in [2.45, 2.75) is 26.2 Å². The molecule has 0 aromatic rings. The van der Waals surface area contributed by atoms with Crippen LogP contribution in [-0.4, -0.2) is 18.6 Å². The Morgan fingerprint density at radius 3 is 3.08 bits per heavy atom. The fourth-order valence-electron chi connectivity index (χ4n) is 1.78. The first kappa shape index (κ1) is 11.2. The average Bonchev–Trinajstić information content (AvgIpc) is 2.40. The predicted molar refractivity (Wildman–Crippen MR) is 45.9 cm³/mol. The second kappa shape index (κ2) is 5.12. The number of allylic oxidation sites excluding steroid dienone is 1. The molecule has 58 valence electrons. The molecule has 1 fully saturated rings. The molecule has 1 saturated carbocycles. The molecule has 2 aliphatic rings. The maximum Gasteiger partial charge on any atom is 1.00 e. The van der Waals surface area contributed by atoms with E-state index in [4.69, 9.17) is 0 Å². The van der Waals surface area contributed by atoms with Crippen molar-refractivity contribution >= 4 is 12.1 Å². The van der Waals surface area contributed by atoms with Crippen molar-refractivity contribution < 1.29 is 73.9 Å². The third-order valence-corrected chi connectivity index (χ3v) is 2.39. The molecule has 0 amide bonds. The van der Waals surface area contributed by atoms with Gasteiger partial charge < -0.3 is 0 Å². The van der Waals surface area contributed by atoms with E-state index in [0.29, 0.717) is 0 Å². The minimum absolute atomic E-state index is 0. The first-order valence-electron chi connectivity index (χ1n) is 4.17. The molecule has 0 aromatic heterocycles. The Kier molecular flexibility index (Phi) is 4.78. The number of nitrogens with zero attached hydrogens (tertiary/aromatic N) is 1. The van der Waals surface area contributed by atoms with Gasteiger partial charge in [-0.25, -0.2) is 4.99 Å². The van der Waals surface area contributed by atoms with Crippen molar-refractivity contribution in [1.82, 2.24) is 0 Å². The van der Waals surface area contributed by atoms with Crippen LogP contribution in [0.3, 0.4) is 0 Å². The van der Waals surface area contributed by atoms with E-state index < -0.39 is 0 Å². The van der Waals surface area contributed by atoms with E-state index in [9.17, 15) is 0 Å². The number of hydrogen-bond acceptors (Lipinski definition) is 1. The molecule has 12 heavy (non-hydrogen) atoms. The van der Waals surface area contributed by atoms with E-state index in [2.05, 4.69) is 16.9 Å². The Morgan fingerprint density at radius 1 is 1.42 bits per heavy atom. The minimum atomic E-state index is 0. The third kappa shape index (κ3) is 2.33. The van der Waals surface area contributed by atoms with Crippen LogP contribution in [0.4, 0.5) is 0 Å². The molecule has 0 spiro atoms. The number of hydrogen-bond donors (Lipinski definition) is 1. The van der Waals surface area contributed by atoms with Crippen LogP contribution in [-0.2, 0) is 0 Å². The molecule has 0 aromatic carbocycles. The van der Waals surface area contributed by atoms with E-state index in [1.54, 1.807) is 0 Å². The normalized spacial score (nSPS) is 21.2. The minimum Gasteiger partial charge on any atom is -0.248 e. The summed E-state index contributed by atoms with van der Waals surface area (Å²) in [6.45, 7) is 3.07. The molecule has 0 unspecified atom stereocenters. The van der Waals surface area contributed by atoms with Crippen LogP contribution in [0.2, 0.25) is 0 Å². The quantitative estimate of drug-likeness (QED) is 0.492. The first-order valence-corrected chi connectivity index (χ1v) is 4.17. The van der Waals surface area contributed by atoms with E-state index in [-0.39, 0.29) is 68.9 Å². The summed E-state index contributed by atoms with van der Waals surface area (Å²) >= 11 is 0. The standard InChI is InChI=1S/C9H12N2.Cs/c1-7-5-10-6-11-9-4-2-3-8(7)9;/h6H,2-5H2,1H3;/q;+1/p+1. The molecule has 0 radical (unpaired) electrons. The van der Waals surface area contributed by atoms with Crippen LogP contribution >= 0.6 is 0 Å². The van der Waals surface area contributed by atoms with Gasteiger partial charge in [0.2, 0.25) is 0 Å². The monoisotopic (exact) mass is 282 g/mol. The van der Waals surface area contributed by atoms with Crippen molar-refractivity contribution in [2.24, 2.45) is 4.99 Å². The maximum absolute atomic E-state index is 4.22. The Balaban J connectivity index is 0.000000720. The molecule has 1 aliphatic carbocycles. The summed E-state index contributed by atoms with van der Waals surface area (Å²) in [5.41, 5.74) is 4.38. The third-order valence-electron chi connectivity index (χ3n) is 2.39. The van der Waals surface area contributed by atoms with E-state index in [1.807, 2.05) is 6.34 Å². The molecule has 1 heterocycles. The number of aliphatic imine (C=N–C) groups is 1. The largest absolute Gasteiger partial charge is 1.00 e. The topological polar surface area (TPSA) is 26.3 Å². The van der Waals surface area contributed by atoms with Gasteiger partial charge in [0.25, 0.3) is 6.34 Å². The number of nitrogens with one attached hydrogen (secondary N) is 1. The Bertz CT molecular complexity index is 264. The van der Waals surface area contributed by atoms with Crippen molar-refractivity contribution in [1.29, 1.82) is 0 Å². The smallest absolute Gasteiger partial charge is 0.248 e.